The summed E-state index contributed by atoms with van der Waals surface area (Å²) >= 11 is 0. The van der Waals surface area contributed by atoms with Gasteiger partial charge in [-0.05, 0) is 79.4 Å². The average Bonchev–Trinajstić information content (AvgIpc) is 4.04. The second-order valence-electron chi connectivity index (χ2n) is 16.3. The SMILES string of the molecule is C=C[C@@H]1CC1(NC(=O)[C@@H]1C[C@@H]2CN1C(=O)[C@@H](C(C)(C)C)NC(=O)O[C@H]1CCCC[C@@H]1C/C=C/c1ccc3ccnc(c3c1)O2)C(=O)NS(=O)(=O)C1CC1. The molecule has 1 aromatic carbocycles. The fraction of sp³-hybridized carbons (Fsp3) is 0.564. The van der Waals surface area contributed by atoms with Crippen LogP contribution in [0.2, 0.25) is 0 Å². The van der Waals surface area contributed by atoms with Gasteiger partial charge in [0.15, 0.2) is 0 Å². The van der Waals surface area contributed by atoms with Crippen LogP contribution in [-0.4, -0.2) is 83.7 Å². The van der Waals surface area contributed by atoms with Gasteiger partial charge >= 0.3 is 6.09 Å². The van der Waals surface area contributed by atoms with E-state index in [-0.39, 0.29) is 31.4 Å². The Labute approximate surface area is 310 Å². The van der Waals surface area contributed by atoms with E-state index in [1.54, 1.807) is 6.20 Å². The molecule has 3 N–H and O–H groups in total. The number of alkyl carbamates (subject to hydrolysis) is 1. The topological polar surface area (TPSA) is 173 Å². The molecule has 13 nitrogen and oxygen atoms in total. The molecule has 4 fully saturated rings. The first-order chi connectivity index (χ1) is 25.2. The van der Waals surface area contributed by atoms with Crippen molar-refractivity contribution in [2.45, 2.75) is 114 Å². The lowest BCUT2D eigenvalue weighted by molar-refractivity contribution is -0.143. The number of pyridine rings is 1. The lowest BCUT2D eigenvalue weighted by Gasteiger charge is -2.36. The molecule has 5 aliphatic rings. The molecule has 53 heavy (non-hydrogen) atoms. The van der Waals surface area contributed by atoms with E-state index in [1.807, 2.05) is 51.1 Å². The highest BCUT2D eigenvalue weighted by Gasteiger charge is 2.62. The van der Waals surface area contributed by atoms with Gasteiger partial charge in [-0.25, -0.2) is 18.2 Å². The largest absolute Gasteiger partial charge is 0.472 e. The predicted octanol–water partition coefficient (Wildman–Crippen LogP) is 4.37. The third-order valence-corrected chi connectivity index (χ3v) is 13.2. The highest BCUT2D eigenvalue weighted by molar-refractivity contribution is 7.91. The highest BCUT2D eigenvalue weighted by atomic mass is 32.2. The van der Waals surface area contributed by atoms with Gasteiger partial charge in [0, 0.05) is 23.9 Å². The molecule has 3 heterocycles. The van der Waals surface area contributed by atoms with Crippen LogP contribution in [0.15, 0.2) is 49.2 Å². The summed E-state index contributed by atoms with van der Waals surface area (Å²) < 4.78 is 40.1. The normalized spacial score (nSPS) is 31.2. The Hall–Kier alpha value is -4.46. The lowest BCUT2D eigenvalue weighted by atomic mass is 9.84. The molecule has 14 heteroatoms. The van der Waals surface area contributed by atoms with Crippen molar-refractivity contribution in [3.63, 3.8) is 0 Å². The zero-order valence-corrected chi connectivity index (χ0v) is 31.3. The van der Waals surface area contributed by atoms with Crippen LogP contribution in [-0.2, 0) is 29.1 Å². The number of carbonyl (C=O) groups excluding carboxylic acids is 4. The Morgan fingerprint density at radius 1 is 1.09 bits per heavy atom. The van der Waals surface area contributed by atoms with E-state index < -0.39 is 74.1 Å². The van der Waals surface area contributed by atoms with E-state index in [0.717, 1.165) is 48.4 Å². The molecule has 0 spiro atoms. The first-order valence-electron chi connectivity index (χ1n) is 18.7. The zero-order valence-electron chi connectivity index (χ0n) is 30.5. The number of hydrogen-bond acceptors (Lipinski definition) is 9. The molecular weight excluding hydrogens is 699 g/mol. The van der Waals surface area contributed by atoms with Gasteiger partial charge in [-0.3, -0.25) is 19.1 Å². The minimum absolute atomic E-state index is 0.0112. The van der Waals surface area contributed by atoms with Gasteiger partial charge in [-0.1, -0.05) is 57.6 Å². The van der Waals surface area contributed by atoms with Gasteiger partial charge in [-0.2, -0.15) is 0 Å². The molecule has 3 aliphatic carbocycles. The van der Waals surface area contributed by atoms with Crippen molar-refractivity contribution in [2.75, 3.05) is 6.54 Å². The maximum absolute atomic E-state index is 14.6. The highest BCUT2D eigenvalue weighted by Crippen LogP contribution is 2.45. The van der Waals surface area contributed by atoms with Crippen LogP contribution in [0, 0.1) is 17.3 Å². The van der Waals surface area contributed by atoms with Crippen molar-refractivity contribution in [2.24, 2.45) is 17.3 Å². The van der Waals surface area contributed by atoms with E-state index in [2.05, 4.69) is 33.0 Å². The van der Waals surface area contributed by atoms with Gasteiger partial charge < -0.3 is 25.0 Å². The molecule has 4 bridgehead atoms. The molecule has 1 aromatic heterocycles. The maximum atomic E-state index is 14.6. The summed E-state index contributed by atoms with van der Waals surface area (Å²) in [5.74, 6) is -2.01. The molecule has 3 saturated carbocycles. The van der Waals surface area contributed by atoms with Crippen LogP contribution in [0.5, 0.6) is 5.88 Å². The average molecular weight is 748 g/mol. The Balaban J connectivity index is 1.23. The molecule has 284 valence electrons. The summed E-state index contributed by atoms with van der Waals surface area (Å²) in [4.78, 5) is 62.0. The van der Waals surface area contributed by atoms with E-state index in [4.69, 9.17) is 9.47 Å². The van der Waals surface area contributed by atoms with Gasteiger partial charge in [0.05, 0.1) is 11.8 Å². The first kappa shape index (κ1) is 36.9. The fourth-order valence-corrected chi connectivity index (χ4v) is 9.35. The van der Waals surface area contributed by atoms with Gasteiger partial charge in [0.25, 0.3) is 5.91 Å². The van der Waals surface area contributed by atoms with Crippen LogP contribution in [0.25, 0.3) is 16.8 Å². The van der Waals surface area contributed by atoms with Crippen LogP contribution < -0.4 is 20.1 Å². The Morgan fingerprint density at radius 2 is 1.87 bits per heavy atom. The molecular formula is C39H49N5O8S. The number of carbonyl (C=O) groups is 4. The number of amides is 4. The predicted molar refractivity (Wildman–Crippen MR) is 198 cm³/mol. The van der Waals surface area contributed by atoms with Crippen LogP contribution in [0.3, 0.4) is 0 Å². The number of sulfonamides is 1. The number of rotatable bonds is 6. The summed E-state index contributed by atoms with van der Waals surface area (Å²) in [6.45, 7) is 9.25. The number of allylic oxidation sites excluding steroid dienone is 1. The minimum Gasteiger partial charge on any atom is -0.472 e. The molecule has 1 saturated heterocycles. The summed E-state index contributed by atoms with van der Waals surface area (Å²) in [5.41, 5.74) is -1.38. The molecule has 1 unspecified atom stereocenters. The smallest absolute Gasteiger partial charge is 0.408 e. The van der Waals surface area contributed by atoms with E-state index in [1.165, 1.54) is 11.0 Å². The van der Waals surface area contributed by atoms with E-state index >= 15 is 0 Å². The number of aromatic nitrogens is 1. The molecule has 2 aromatic rings. The second kappa shape index (κ2) is 14.1. The maximum Gasteiger partial charge on any atom is 0.408 e. The van der Waals surface area contributed by atoms with Crippen molar-refractivity contribution < 1.29 is 37.1 Å². The second-order valence-corrected chi connectivity index (χ2v) is 18.3. The van der Waals surface area contributed by atoms with Crippen molar-refractivity contribution in [3.8, 4) is 5.88 Å². The summed E-state index contributed by atoms with van der Waals surface area (Å²) in [5, 5.41) is 6.72. The van der Waals surface area contributed by atoms with Gasteiger partial charge in [-0.15, -0.1) is 6.58 Å². The number of nitrogens with one attached hydrogen (secondary N) is 3. The quantitative estimate of drug-likeness (QED) is 0.363. The molecule has 2 aliphatic heterocycles. The Morgan fingerprint density at radius 3 is 2.58 bits per heavy atom. The first-order valence-corrected chi connectivity index (χ1v) is 20.2. The number of hydrogen-bond donors (Lipinski definition) is 3. The van der Waals surface area contributed by atoms with Crippen LogP contribution >= 0.6 is 0 Å². The Kier molecular flexibility index (Phi) is 9.79. The van der Waals surface area contributed by atoms with Gasteiger partial charge in [0.2, 0.25) is 27.7 Å². The van der Waals surface area contributed by atoms with Crippen molar-refractivity contribution in [1.29, 1.82) is 0 Å². The van der Waals surface area contributed by atoms with Crippen molar-refractivity contribution >= 4 is 50.7 Å². The van der Waals surface area contributed by atoms with E-state index in [0.29, 0.717) is 18.7 Å². The number of nitrogens with zero attached hydrogens (tertiary/aromatic N) is 2. The summed E-state index contributed by atoms with van der Waals surface area (Å²) in [6.07, 6.45) is 11.1. The fourth-order valence-electron chi connectivity index (χ4n) is 7.99. The third-order valence-electron chi connectivity index (χ3n) is 11.4. The van der Waals surface area contributed by atoms with Crippen molar-refractivity contribution in [3.05, 3.63) is 54.8 Å². The standard InChI is InChI=1S/C39H49N5O8S/c1-5-26-21-39(26,36(47)43-53(49,50)28-15-16-28)42-33(45)30-20-27-22-44(30)35(46)32(38(2,3)4)41-37(48)52-31-12-7-6-10-25(31)11-8-9-23-13-14-24-17-18-40-34(51-27)29(24)19-23/h5,8-9,13-14,17-19,25-28,30-32H,1,6-7,10-12,15-16,20-22H2,2-4H3,(H,41,48)(H,42,45)(H,43,47)/b9-8+/t25-,26-,27-,30+,31+,32+,39?/m1/s1. The van der Waals surface area contributed by atoms with E-state index in [9.17, 15) is 27.6 Å². The molecule has 0 radical (unpaired) electrons. The number of fused-ring (bicyclic) bond motifs is 4. The number of benzene rings is 1. The minimum atomic E-state index is -3.89. The zero-order chi connectivity index (χ0) is 37.7. The monoisotopic (exact) mass is 747 g/mol. The third kappa shape index (κ3) is 7.65. The van der Waals surface area contributed by atoms with Crippen LogP contribution in [0.4, 0.5) is 4.79 Å². The lowest BCUT2D eigenvalue weighted by Crippen LogP contribution is -2.60. The van der Waals surface area contributed by atoms with Crippen molar-refractivity contribution in [1.82, 2.24) is 25.2 Å². The summed E-state index contributed by atoms with van der Waals surface area (Å²) in [7, 11) is -3.89. The molecule has 7 rings (SSSR count). The Bertz CT molecular complexity index is 1960. The van der Waals surface area contributed by atoms with Gasteiger partial charge in [0.1, 0.15) is 29.8 Å². The summed E-state index contributed by atoms with van der Waals surface area (Å²) in [6, 6.07) is 5.70. The number of ether oxygens (including phenoxy) is 2. The van der Waals surface area contributed by atoms with Crippen LogP contribution in [0.1, 0.15) is 84.1 Å². The molecule has 7 atom stereocenters. The molecule has 4 amide bonds.